The van der Waals surface area contributed by atoms with Gasteiger partial charge in [-0.1, -0.05) is 50.3 Å². The third kappa shape index (κ3) is 4.95. The minimum atomic E-state index is -1.24. The van der Waals surface area contributed by atoms with Crippen LogP contribution in [0.5, 0.6) is 0 Å². The van der Waals surface area contributed by atoms with Gasteiger partial charge >= 0.3 is 0 Å². The lowest BCUT2D eigenvalue weighted by molar-refractivity contribution is -0.313. The Morgan fingerprint density at radius 2 is 1.53 bits per heavy atom. The van der Waals surface area contributed by atoms with Gasteiger partial charge in [-0.3, -0.25) is 9.59 Å². The SMILES string of the molecule is CC(C)c1ccc(NC(=O)c2ccccc2NC(=O)[C@H]2CC=CC[C@@H]2C(=O)[O-])cc1. The van der Waals surface area contributed by atoms with Gasteiger partial charge < -0.3 is 20.5 Å². The monoisotopic (exact) mass is 405 g/mol. The van der Waals surface area contributed by atoms with Crippen molar-refractivity contribution >= 4 is 29.2 Å². The molecule has 2 aromatic rings. The highest BCUT2D eigenvalue weighted by Crippen LogP contribution is 2.27. The number of para-hydroxylation sites is 1. The molecule has 0 aromatic heterocycles. The Labute approximate surface area is 176 Å². The molecule has 0 saturated carbocycles. The second-order valence-electron chi connectivity index (χ2n) is 7.74. The van der Waals surface area contributed by atoms with E-state index < -0.39 is 23.7 Å². The van der Waals surface area contributed by atoms with Crippen LogP contribution < -0.4 is 15.7 Å². The number of hydrogen-bond acceptors (Lipinski definition) is 4. The number of carboxylic acid groups (broad SMARTS) is 1. The van der Waals surface area contributed by atoms with Crippen LogP contribution in [0.4, 0.5) is 11.4 Å². The zero-order valence-corrected chi connectivity index (χ0v) is 17.1. The smallest absolute Gasteiger partial charge is 0.257 e. The van der Waals surface area contributed by atoms with Gasteiger partial charge in [0.2, 0.25) is 5.91 Å². The molecule has 0 fully saturated rings. The molecule has 0 radical (unpaired) electrons. The van der Waals surface area contributed by atoms with Crippen LogP contribution in [-0.2, 0) is 9.59 Å². The molecular formula is C24H25N2O4-. The first-order valence-electron chi connectivity index (χ1n) is 10.0. The summed E-state index contributed by atoms with van der Waals surface area (Å²) in [6.07, 6.45) is 4.12. The molecule has 3 rings (SSSR count). The molecule has 6 heteroatoms. The molecule has 156 valence electrons. The molecule has 1 aliphatic carbocycles. The quantitative estimate of drug-likeness (QED) is 0.720. The average molecular weight is 405 g/mol. The van der Waals surface area contributed by atoms with Crippen molar-refractivity contribution in [2.45, 2.75) is 32.6 Å². The fourth-order valence-corrected chi connectivity index (χ4v) is 3.53. The van der Waals surface area contributed by atoms with Crippen LogP contribution in [0.15, 0.2) is 60.7 Å². The zero-order chi connectivity index (χ0) is 21.7. The molecular weight excluding hydrogens is 380 g/mol. The maximum atomic E-state index is 12.8. The van der Waals surface area contributed by atoms with Gasteiger partial charge in [-0.2, -0.15) is 0 Å². The van der Waals surface area contributed by atoms with E-state index in [2.05, 4.69) is 24.5 Å². The first-order valence-corrected chi connectivity index (χ1v) is 10.0. The fourth-order valence-electron chi connectivity index (χ4n) is 3.53. The summed E-state index contributed by atoms with van der Waals surface area (Å²) in [5.74, 6) is -3.26. The molecule has 30 heavy (non-hydrogen) atoms. The van der Waals surface area contributed by atoms with E-state index in [0.29, 0.717) is 29.3 Å². The lowest BCUT2D eigenvalue weighted by atomic mass is 9.82. The van der Waals surface area contributed by atoms with Crippen molar-refractivity contribution in [2.75, 3.05) is 10.6 Å². The van der Waals surface area contributed by atoms with Gasteiger partial charge in [0, 0.05) is 17.6 Å². The van der Waals surface area contributed by atoms with Crippen LogP contribution in [0, 0.1) is 11.8 Å². The first-order chi connectivity index (χ1) is 14.4. The molecule has 0 unspecified atom stereocenters. The second kappa shape index (κ2) is 9.39. The van der Waals surface area contributed by atoms with Crippen molar-refractivity contribution in [1.29, 1.82) is 0 Å². The third-order valence-corrected chi connectivity index (χ3v) is 5.34. The Morgan fingerprint density at radius 1 is 0.900 bits per heavy atom. The lowest BCUT2D eigenvalue weighted by Gasteiger charge is -2.28. The number of benzene rings is 2. The number of anilines is 2. The van der Waals surface area contributed by atoms with E-state index in [4.69, 9.17) is 0 Å². The summed E-state index contributed by atoms with van der Waals surface area (Å²) in [7, 11) is 0. The molecule has 0 aliphatic heterocycles. The number of rotatable bonds is 6. The molecule has 0 spiro atoms. The minimum absolute atomic E-state index is 0.259. The summed E-state index contributed by atoms with van der Waals surface area (Å²) in [4.78, 5) is 36.9. The largest absolute Gasteiger partial charge is 0.550 e. The molecule has 1 aliphatic rings. The summed E-state index contributed by atoms with van der Waals surface area (Å²) in [6, 6.07) is 14.3. The lowest BCUT2D eigenvalue weighted by Crippen LogP contribution is -2.41. The summed E-state index contributed by atoms with van der Waals surface area (Å²) < 4.78 is 0. The van der Waals surface area contributed by atoms with Crippen molar-refractivity contribution < 1.29 is 19.5 Å². The highest BCUT2D eigenvalue weighted by Gasteiger charge is 2.30. The number of nitrogens with one attached hydrogen (secondary N) is 2. The zero-order valence-electron chi connectivity index (χ0n) is 17.1. The summed E-state index contributed by atoms with van der Waals surface area (Å²) in [5, 5.41) is 16.9. The Hall–Kier alpha value is -3.41. The number of allylic oxidation sites excluding steroid dienone is 2. The van der Waals surface area contributed by atoms with Crippen molar-refractivity contribution in [3.63, 3.8) is 0 Å². The first kappa shape index (κ1) is 21.3. The van der Waals surface area contributed by atoms with E-state index in [1.54, 1.807) is 36.4 Å². The fraction of sp³-hybridized carbons (Fsp3) is 0.292. The van der Waals surface area contributed by atoms with Gasteiger partial charge in [-0.05, 0) is 48.6 Å². The van der Waals surface area contributed by atoms with Crippen LogP contribution in [0.3, 0.4) is 0 Å². The molecule has 6 nitrogen and oxygen atoms in total. The third-order valence-electron chi connectivity index (χ3n) is 5.34. The van der Waals surface area contributed by atoms with E-state index in [-0.39, 0.29) is 12.3 Å². The number of aliphatic carboxylic acids is 1. The molecule has 2 N–H and O–H groups in total. The van der Waals surface area contributed by atoms with Gasteiger partial charge in [0.25, 0.3) is 5.91 Å². The molecule has 0 bridgehead atoms. The predicted octanol–water partition coefficient (Wildman–Crippen LogP) is 3.33. The second-order valence-corrected chi connectivity index (χ2v) is 7.74. The van der Waals surface area contributed by atoms with Crippen molar-refractivity contribution in [3.8, 4) is 0 Å². The Morgan fingerprint density at radius 3 is 2.17 bits per heavy atom. The Kier molecular flexibility index (Phi) is 6.67. The molecule has 0 saturated heterocycles. The van der Waals surface area contributed by atoms with Crippen LogP contribution >= 0.6 is 0 Å². The van der Waals surface area contributed by atoms with Crippen LogP contribution in [-0.4, -0.2) is 17.8 Å². The van der Waals surface area contributed by atoms with Crippen LogP contribution in [0.25, 0.3) is 0 Å². The average Bonchev–Trinajstić information content (AvgIpc) is 2.74. The highest BCUT2D eigenvalue weighted by molar-refractivity contribution is 6.10. The Balaban J connectivity index is 1.75. The summed E-state index contributed by atoms with van der Waals surface area (Å²) in [6.45, 7) is 4.19. The Bertz CT molecular complexity index is 963. The van der Waals surface area contributed by atoms with E-state index in [1.807, 2.05) is 24.3 Å². The number of carboxylic acids is 1. The molecule has 2 atom stereocenters. The van der Waals surface area contributed by atoms with Crippen LogP contribution in [0.2, 0.25) is 0 Å². The van der Waals surface area contributed by atoms with Crippen molar-refractivity contribution in [3.05, 3.63) is 71.8 Å². The van der Waals surface area contributed by atoms with E-state index >= 15 is 0 Å². The standard InChI is InChI=1S/C24H26N2O4/c1-15(2)16-11-13-17(14-12-16)25-23(28)20-9-5-6-10-21(20)26-22(27)18-7-3-4-8-19(18)24(29)30/h3-6,9-15,18-19H,7-8H2,1-2H3,(H,25,28)(H,26,27)(H,29,30)/p-1/t18-,19-/m0/s1. The molecule has 2 aromatic carbocycles. The topological polar surface area (TPSA) is 98.3 Å². The predicted molar refractivity (Wildman–Crippen MR) is 114 cm³/mol. The van der Waals surface area contributed by atoms with Crippen LogP contribution in [0.1, 0.15) is 48.5 Å². The van der Waals surface area contributed by atoms with Gasteiger partial charge in [-0.25, -0.2) is 0 Å². The van der Waals surface area contributed by atoms with E-state index in [0.717, 1.165) is 0 Å². The van der Waals surface area contributed by atoms with Crippen molar-refractivity contribution in [2.24, 2.45) is 11.8 Å². The van der Waals surface area contributed by atoms with Gasteiger partial charge in [0.1, 0.15) is 0 Å². The van der Waals surface area contributed by atoms with Gasteiger partial charge in [0.15, 0.2) is 0 Å². The number of carbonyl (C=O) groups is 3. The maximum Gasteiger partial charge on any atom is 0.257 e. The minimum Gasteiger partial charge on any atom is -0.550 e. The van der Waals surface area contributed by atoms with E-state index in [9.17, 15) is 19.5 Å². The van der Waals surface area contributed by atoms with Gasteiger partial charge in [-0.15, -0.1) is 0 Å². The van der Waals surface area contributed by atoms with Crippen molar-refractivity contribution in [1.82, 2.24) is 0 Å². The molecule has 0 heterocycles. The molecule has 2 amide bonds. The summed E-state index contributed by atoms with van der Waals surface area (Å²) >= 11 is 0. The number of hydrogen-bond donors (Lipinski definition) is 2. The highest BCUT2D eigenvalue weighted by atomic mass is 16.4. The van der Waals surface area contributed by atoms with Gasteiger partial charge in [0.05, 0.1) is 17.2 Å². The number of carbonyl (C=O) groups excluding carboxylic acids is 3. The normalized spacial score (nSPS) is 18.1. The summed E-state index contributed by atoms with van der Waals surface area (Å²) in [5.41, 5.74) is 2.46. The maximum absolute atomic E-state index is 12.8. The van der Waals surface area contributed by atoms with E-state index in [1.165, 1.54) is 5.56 Å². The number of amides is 2.